The third-order valence-corrected chi connectivity index (χ3v) is 4.98. The molecule has 0 radical (unpaired) electrons. The highest BCUT2D eigenvalue weighted by atomic mass is 35.5. The van der Waals surface area contributed by atoms with Gasteiger partial charge in [0.25, 0.3) is 0 Å². The van der Waals surface area contributed by atoms with Gasteiger partial charge in [-0.2, -0.15) is 5.10 Å². The Morgan fingerprint density at radius 1 is 1.27 bits per heavy atom. The van der Waals surface area contributed by atoms with Crippen molar-refractivity contribution >= 4 is 34.5 Å². The fourth-order valence-electron chi connectivity index (χ4n) is 3.27. The molecule has 8 heteroatoms. The van der Waals surface area contributed by atoms with Crippen molar-refractivity contribution in [1.29, 1.82) is 0 Å². The number of amides is 2. The van der Waals surface area contributed by atoms with Crippen molar-refractivity contribution in [2.24, 2.45) is 7.05 Å². The average molecular weight is 371 g/mol. The summed E-state index contributed by atoms with van der Waals surface area (Å²) in [6.07, 6.45) is 9.70. The van der Waals surface area contributed by atoms with Gasteiger partial charge in [-0.15, -0.1) is 0 Å². The largest absolute Gasteiger partial charge is 0.335 e. The lowest BCUT2D eigenvalue weighted by molar-refractivity contribution is 0.248. The van der Waals surface area contributed by atoms with Crippen LogP contribution in [-0.4, -0.2) is 31.8 Å². The van der Waals surface area contributed by atoms with Crippen molar-refractivity contribution in [1.82, 2.24) is 25.1 Å². The maximum absolute atomic E-state index is 12.2. The molecule has 3 heterocycles. The normalized spacial score (nSPS) is 14.7. The minimum atomic E-state index is -0.240. The van der Waals surface area contributed by atoms with Crippen molar-refractivity contribution in [3.8, 4) is 11.1 Å². The van der Waals surface area contributed by atoms with Gasteiger partial charge < -0.3 is 5.32 Å². The van der Waals surface area contributed by atoms with Crippen molar-refractivity contribution in [3.05, 3.63) is 35.7 Å². The Morgan fingerprint density at radius 2 is 2.08 bits per heavy atom. The lowest BCUT2D eigenvalue weighted by atomic mass is 10.1. The number of hydrogen-bond donors (Lipinski definition) is 2. The minimum Gasteiger partial charge on any atom is -0.335 e. The highest BCUT2D eigenvalue weighted by Gasteiger charge is 2.18. The number of carbonyl (C=O) groups is 1. The van der Waals surface area contributed by atoms with Gasteiger partial charge in [0.2, 0.25) is 0 Å². The van der Waals surface area contributed by atoms with Gasteiger partial charge in [-0.25, -0.2) is 9.78 Å². The molecule has 0 aromatic carbocycles. The minimum absolute atomic E-state index is 0.240. The molecule has 26 heavy (non-hydrogen) atoms. The van der Waals surface area contributed by atoms with Crippen LogP contribution in [0.15, 0.2) is 30.7 Å². The van der Waals surface area contributed by atoms with E-state index in [-0.39, 0.29) is 12.1 Å². The van der Waals surface area contributed by atoms with Crippen LogP contribution in [0.5, 0.6) is 0 Å². The molecule has 2 amide bonds. The number of rotatable bonds is 3. The predicted molar refractivity (Wildman–Crippen MR) is 101 cm³/mol. The molecule has 0 bridgehead atoms. The molecule has 0 atom stereocenters. The van der Waals surface area contributed by atoms with Crippen LogP contribution in [0.1, 0.15) is 25.7 Å². The number of aryl methyl sites for hydroxylation is 1. The second-order valence-electron chi connectivity index (χ2n) is 6.53. The van der Waals surface area contributed by atoms with E-state index in [0.717, 1.165) is 36.8 Å². The van der Waals surface area contributed by atoms with E-state index in [0.29, 0.717) is 21.9 Å². The molecule has 1 fully saturated rings. The van der Waals surface area contributed by atoms with E-state index in [1.807, 2.05) is 13.2 Å². The molecule has 0 saturated heterocycles. The van der Waals surface area contributed by atoms with Crippen molar-refractivity contribution in [2.75, 3.05) is 5.32 Å². The maximum atomic E-state index is 12.2. The van der Waals surface area contributed by atoms with Crippen molar-refractivity contribution < 1.29 is 4.79 Å². The first kappa shape index (κ1) is 16.8. The van der Waals surface area contributed by atoms with Gasteiger partial charge in [-0.05, 0) is 25.0 Å². The molecule has 134 valence electrons. The number of halogens is 1. The molecule has 1 aliphatic carbocycles. The quantitative estimate of drug-likeness (QED) is 0.735. The number of anilines is 1. The fraction of sp³-hybridized carbons (Fsp3) is 0.333. The Bertz CT molecular complexity index is 963. The number of nitrogens with one attached hydrogen (secondary N) is 2. The van der Waals surface area contributed by atoms with Crippen LogP contribution in [0.3, 0.4) is 0 Å². The first-order valence-electron chi connectivity index (χ1n) is 8.62. The van der Waals surface area contributed by atoms with Crippen LogP contribution in [-0.2, 0) is 7.05 Å². The summed E-state index contributed by atoms with van der Waals surface area (Å²) in [7, 11) is 1.84. The molecule has 3 aromatic heterocycles. The lowest BCUT2D eigenvalue weighted by Gasteiger charge is -2.13. The highest BCUT2D eigenvalue weighted by molar-refractivity contribution is 6.37. The second kappa shape index (κ2) is 6.92. The zero-order valence-corrected chi connectivity index (χ0v) is 15.1. The van der Waals surface area contributed by atoms with E-state index in [2.05, 4.69) is 25.7 Å². The number of urea groups is 1. The molecular formula is C18H19ClN6O. The zero-order valence-electron chi connectivity index (χ0n) is 14.4. The number of nitrogens with zero attached hydrogens (tertiary/aromatic N) is 4. The van der Waals surface area contributed by atoms with Gasteiger partial charge in [-0.1, -0.05) is 24.4 Å². The monoisotopic (exact) mass is 370 g/mol. The summed E-state index contributed by atoms with van der Waals surface area (Å²) in [5, 5.41) is 10.4. The molecule has 0 unspecified atom stereocenters. The number of fused-ring (bicyclic) bond motifs is 1. The molecule has 1 aliphatic rings. The maximum Gasteiger partial charge on any atom is 0.320 e. The number of hydrogen-bond acceptors (Lipinski definition) is 4. The third kappa shape index (κ3) is 3.35. The van der Waals surface area contributed by atoms with Crippen LogP contribution in [0.25, 0.3) is 22.2 Å². The number of carbonyl (C=O) groups excluding carboxylic acids is 1. The number of aromatic nitrogens is 4. The van der Waals surface area contributed by atoms with E-state index in [1.165, 1.54) is 0 Å². The average Bonchev–Trinajstić information content (AvgIpc) is 3.27. The van der Waals surface area contributed by atoms with Gasteiger partial charge in [0.05, 0.1) is 16.7 Å². The molecular weight excluding hydrogens is 352 g/mol. The first-order valence-corrected chi connectivity index (χ1v) is 9.00. The Balaban J connectivity index is 1.61. The molecule has 0 aliphatic heterocycles. The molecule has 2 N–H and O–H groups in total. The van der Waals surface area contributed by atoms with Crippen LogP contribution in [0.2, 0.25) is 5.02 Å². The first-order chi connectivity index (χ1) is 12.6. The summed E-state index contributed by atoms with van der Waals surface area (Å²) < 4.78 is 1.70. The van der Waals surface area contributed by atoms with Crippen LogP contribution < -0.4 is 10.6 Å². The Kier molecular flexibility index (Phi) is 4.46. The summed E-state index contributed by atoms with van der Waals surface area (Å²) in [4.78, 5) is 21.1. The van der Waals surface area contributed by atoms with Gasteiger partial charge in [0, 0.05) is 36.6 Å². The summed E-state index contributed by atoms with van der Waals surface area (Å²) in [6.45, 7) is 0. The Morgan fingerprint density at radius 3 is 2.81 bits per heavy atom. The van der Waals surface area contributed by atoms with E-state index in [1.54, 1.807) is 29.2 Å². The molecule has 3 aromatic rings. The Hall–Kier alpha value is -2.67. The van der Waals surface area contributed by atoms with Gasteiger partial charge in [0.15, 0.2) is 0 Å². The summed E-state index contributed by atoms with van der Waals surface area (Å²) in [5.74, 6) is 0.444. The fourth-order valence-corrected chi connectivity index (χ4v) is 3.57. The van der Waals surface area contributed by atoms with Crippen molar-refractivity contribution in [3.63, 3.8) is 0 Å². The van der Waals surface area contributed by atoms with E-state index in [9.17, 15) is 4.79 Å². The van der Waals surface area contributed by atoms with Crippen LogP contribution in [0, 0.1) is 0 Å². The molecule has 0 spiro atoms. The summed E-state index contributed by atoms with van der Waals surface area (Å²) >= 11 is 6.56. The predicted octanol–water partition coefficient (Wildman–Crippen LogP) is 3.75. The van der Waals surface area contributed by atoms with Crippen LogP contribution in [0.4, 0.5) is 10.6 Å². The van der Waals surface area contributed by atoms with E-state index < -0.39 is 0 Å². The van der Waals surface area contributed by atoms with Gasteiger partial charge in [-0.3, -0.25) is 15.0 Å². The number of pyridine rings is 2. The molecule has 1 saturated carbocycles. The van der Waals surface area contributed by atoms with Crippen molar-refractivity contribution in [2.45, 2.75) is 31.7 Å². The van der Waals surface area contributed by atoms with E-state index >= 15 is 0 Å². The van der Waals surface area contributed by atoms with Crippen LogP contribution >= 0.6 is 11.6 Å². The van der Waals surface area contributed by atoms with Gasteiger partial charge in [0.1, 0.15) is 11.3 Å². The summed E-state index contributed by atoms with van der Waals surface area (Å²) in [5.41, 5.74) is 2.84. The standard InChI is InChI=1S/C18H19ClN6O/c1-25-10-11(8-21-25)13-9-20-14-6-7-15(23-17(14)16(13)19)24-18(26)22-12-4-2-3-5-12/h6-10,12H,2-5H2,1H3,(H2,22,23,24,26). The van der Waals surface area contributed by atoms with E-state index in [4.69, 9.17) is 11.6 Å². The second-order valence-corrected chi connectivity index (χ2v) is 6.91. The van der Waals surface area contributed by atoms with Gasteiger partial charge >= 0.3 is 6.03 Å². The molecule has 4 rings (SSSR count). The highest BCUT2D eigenvalue weighted by Crippen LogP contribution is 2.32. The zero-order chi connectivity index (χ0) is 18.1. The topological polar surface area (TPSA) is 84.7 Å². The Labute approximate surface area is 155 Å². The molecule has 7 nitrogen and oxygen atoms in total. The third-order valence-electron chi connectivity index (χ3n) is 4.60. The SMILES string of the molecule is Cn1cc(-c2cnc3ccc(NC(=O)NC4CCCC4)nc3c2Cl)cn1. The smallest absolute Gasteiger partial charge is 0.320 e. The summed E-state index contributed by atoms with van der Waals surface area (Å²) in [6, 6.07) is 3.53. The lowest BCUT2D eigenvalue weighted by Crippen LogP contribution is -2.36.